The maximum absolute atomic E-state index is 4.81. The van der Waals surface area contributed by atoms with Gasteiger partial charge in [0.05, 0.1) is 0 Å². The van der Waals surface area contributed by atoms with Gasteiger partial charge in [-0.25, -0.2) is 0 Å². The summed E-state index contributed by atoms with van der Waals surface area (Å²) in [5.41, 5.74) is 0. The first-order valence-electron chi connectivity index (χ1n) is 6.72. The molecule has 0 spiro atoms. The summed E-state index contributed by atoms with van der Waals surface area (Å²) in [6, 6.07) is 0. The van der Waals surface area contributed by atoms with E-state index in [1.807, 2.05) is 0 Å². The third kappa shape index (κ3) is 22.9. The molecule has 0 bridgehead atoms. The minimum absolute atomic E-state index is 0.422. The number of unbranched alkanes of at least 4 members (excludes halogenated alkanes) is 3. The lowest BCUT2D eigenvalue weighted by Crippen LogP contribution is -1.95. The lowest BCUT2D eigenvalue weighted by atomic mass is 10.4. The fraction of sp³-hybridized carbons (Fsp3) is 1.00. The van der Waals surface area contributed by atoms with Crippen LogP contribution in [-0.2, 0) is 0 Å². The largest absolute Gasteiger partial charge is 0.180 e. The maximum atomic E-state index is 4.81. The zero-order chi connectivity index (χ0) is 13.5. The molecule has 0 aliphatic carbocycles. The Hall–Kier alpha value is 1.30. The molecular weight excluding hydrogens is 293 g/mol. The van der Waals surface area contributed by atoms with Gasteiger partial charge in [0.25, 0.3) is 0 Å². The molecule has 0 aromatic carbocycles. The molecule has 106 valence electrons. The van der Waals surface area contributed by atoms with Gasteiger partial charge in [-0.1, -0.05) is 74.8 Å². The molecule has 0 atom stereocenters. The number of rotatable bonds is 9. The van der Waals surface area contributed by atoms with Crippen molar-refractivity contribution in [1.82, 2.24) is 0 Å². The Morgan fingerprint density at radius 3 is 1.12 bits per heavy atom. The zero-order valence-corrected chi connectivity index (χ0v) is 14.7. The highest BCUT2D eigenvalue weighted by Crippen LogP contribution is 2.38. The first kappa shape index (κ1) is 20.6. The Balaban J connectivity index is 0. The third-order valence-electron chi connectivity index (χ3n) is 2.48. The molecule has 0 amide bonds. The van der Waals surface area contributed by atoms with Crippen LogP contribution >= 0.6 is 42.7 Å². The summed E-state index contributed by atoms with van der Waals surface area (Å²) in [6.07, 6.45) is 13.2. The highest BCUT2D eigenvalue weighted by atomic mass is 35.6. The Kier molecular flexibility index (Phi) is 21.0. The van der Waals surface area contributed by atoms with Crippen molar-refractivity contribution in [2.45, 2.75) is 63.6 Å². The summed E-state index contributed by atoms with van der Waals surface area (Å²) < 4.78 is -0.750. The predicted molar refractivity (Wildman–Crippen MR) is 87.6 cm³/mol. The molecule has 0 aliphatic rings. The van der Waals surface area contributed by atoms with E-state index in [0.29, 0.717) is 7.92 Å². The fourth-order valence-corrected chi connectivity index (χ4v) is 4.44. The number of alkyl halides is 3. The standard InChI is InChI=1S/C12H27P.CHCl3/c1-4-7-10-13(11-8-5-2)12-9-6-3;2-1(3)4/h4-12H2,1-3H3;1H. The molecule has 0 fully saturated rings. The molecule has 4 heteroatoms. The van der Waals surface area contributed by atoms with Gasteiger partial charge in [-0.15, -0.1) is 7.92 Å². The molecule has 0 rings (SSSR count). The van der Waals surface area contributed by atoms with E-state index in [1.54, 1.807) is 18.5 Å². The summed E-state index contributed by atoms with van der Waals surface area (Å²) in [7, 11) is 0.422. The van der Waals surface area contributed by atoms with Crippen LogP contribution in [0.25, 0.3) is 0 Å². The summed E-state index contributed by atoms with van der Waals surface area (Å²) in [6.45, 7) is 6.94. The van der Waals surface area contributed by atoms with Crippen LogP contribution in [0, 0.1) is 0 Å². The van der Waals surface area contributed by atoms with Crippen LogP contribution in [0.2, 0.25) is 0 Å². The lowest BCUT2D eigenvalue weighted by molar-refractivity contribution is 0.847. The van der Waals surface area contributed by atoms with E-state index in [-0.39, 0.29) is 0 Å². The SMILES string of the molecule is CCCCP(CCCC)CCCC.ClC(Cl)Cl. The van der Waals surface area contributed by atoms with Gasteiger partial charge in [0.2, 0.25) is 0 Å². The van der Waals surface area contributed by atoms with Crippen LogP contribution in [0.1, 0.15) is 59.3 Å². The Morgan fingerprint density at radius 1 is 0.706 bits per heavy atom. The van der Waals surface area contributed by atoms with Gasteiger partial charge in [-0.3, -0.25) is 0 Å². The zero-order valence-electron chi connectivity index (χ0n) is 11.5. The first-order valence-corrected chi connectivity index (χ1v) is 9.93. The second-order valence-corrected chi connectivity index (χ2v) is 8.81. The van der Waals surface area contributed by atoms with Crippen LogP contribution in [-0.4, -0.2) is 22.8 Å². The molecule has 0 saturated carbocycles. The van der Waals surface area contributed by atoms with Gasteiger partial charge in [0.15, 0.2) is 4.30 Å². The molecule has 0 unspecified atom stereocenters. The fourth-order valence-electron chi connectivity index (χ4n) is 1.48. The molecule has 0 N–H and O–H groups in total. The number of hydrogen-bond acceptors (Lipinski definition) is 0. The number of halogens is 3. The first-order chi connectivity index (χ1) is 8.08. The quantitative estimate of drug-likeness (QED) is 0.321. The monoisotopic (exact) mass is 320 g/mol. The normalized spacial score (nSPS) is 10.6. The summed E-state index contributed by atoms with van der Waals surface area (Å²) in [5.74, 6) is 0. The third-order valence-corrected chi connectivity index (χ3v) is 5.33. The predicted octanol–water partition coefficient (Wildman–Crippen LogP) is 6.86. The second-order valence-electron chi connectivity index (χ2n) is 4.15. The molecular formula is C13H28Cl3P. The van der Waals surface area contributed by atoms with Crippen LogP contribution in [0.4, 0.5) is 0 Å². The van der Waals surface area contributed by atoms with Gasteiger partial charge in [-0.2, -0.15) is 0 Å². The average molecular weight is 322 g/mol. The van der Waals surface area contributed by atoms with Crippen molar-refractivity contribution in [3.05, 3.63) is 0 Å². The van der Waals surface area contributed by atoms with Crippen LogP contribution in [0.3, 0.4) is 0 Å². The highest BCUT2D eigenvalue weighted by Gasteiger charge is 2.05. The van der Waals surface area contributed by atoms with Crippen molar-refractivity contribution in [1.29, 1.82) is 0 Å². The molecule has 0 nitrogen and oxygen atoms in total. The van der Waals surface area contributed by atoms with Crippen LogP contribution in [0.5, 0.6) is 0 Å². The van der Waals surface area contributed by atoms with E-state index in [0.717, 1.165) is 0 Å². The smallest absolute Gasteiger partial charge is 0.107 e. The van der Waals surface area contributed by atoms with Crippen LogP contribution < -0.4 is 0 Å². The van der Waals surface area contributed by atoms with E-state index in [4.69, 9.17) is 34.8 Å². The minimum atomic E-state index is -0.750. The lowest BCUT2D eigenvalue weighted by Gasteiger charge is -2.16. The molecule has 0 aromatic heterocycles. The Bertz CT molecular complexity index is 110. The van der Waals surface area contributed by atoms with Gasteiger partial charge < -0.3 is 0 Å². The summed E-state index contributed by atoms with van der Waals surface area (Å²) >= 11 is 14.4. The van der Waals surface area contributed by atoms with Crippen molar-refractivity contribution in [3.63, 3.8) is 0 Å². The molecule has 0 heterocycles. The van der Waals surface area contributed by atoms with Crippen LogP contribution in [0.15, 0.2) is 0 Å². The minimum Gasteiger partial charge on any atom is -0.107 e. The van der Waals surface area contributed by atoms with Gasteiger partial charge in [0, 0.05) is 0 Å². The number of hydrogen-bond donors (Lipinski definition) is 0. The highest BCUT2D eigenvalue weighted by molar-refractivity contribution is 7.57. The Morgan fingerprint density at radius 2 is 0.941 bits per heavy atom. The van der Waals surface area contributed by atoms with Crippen molar-refractivity contribution in [2.75, 3.05) is 18.5 Å². The molecule has 0 saturated heterocycles. The summed E-state index contributed by atoms with van der Waals surface area (Å²) in [4.78, 5) is 0. The average Bonchev–Trinajstić information content (AvgIpc) is 2.27. The van der Waals surface area contributed by atoms with Gasteiger partial charge in [-0.05, 0) is 37.7 Å². The van der Waals surface area contributed by atoms with Crippen molar-refractivity contribution >= 4 is 42.7 Å². The molecule has 0 aromatic rings. The van der Waals surface area contributed by atoms with Gasteiger partial charge >= 0.3 is 0 Å². The molecule has 0 aliphatic heterocycles. The van der Waals surface area contributed by atoms with E-state index in [2.05, 4.69) is 20.8 Å². The van der Waals surface area contributed by atoms with Crippen molar-refractivity contribution < 1.29 is 0 Å². The van der Waals surface area contributed by atoms with Crippen molar-refractivity contribution in [3.8, 4) is 0 Å². The molecule has 17 heavy (non-hydrogen) atoms. The van der Waals surface area contributed by atoms with E-state index in [1.165, 1.54) is 38.5 Å². The van der Waals surface area contributed by atoms with Crippen molar-refractivity contribution in [2.24, 2.45) is 0 Å². The summed E-state index contributed by atoms with van der Waals surface area (Å²) in [5, 5.41) is 0. The topological polar surface area (TPSA) is 0 Å². The van der Waals surface area contributed by atoms with E-state index < -0.39 is 4.30 Å². The second kappa shape index (κ2) is 17.3. The molecule has 0 radical (unpaired) electrons. The van der Waals surface area contributed by atoms with Gasteiger partial charge in [0.1, 0.15) is 0 Å². The van der Waals surface area contributed by atoms with E-state index >= 15 is 0 Å². The Labute approximate surface area is 125 Å². The van der Waals surface area contributed by atoms with E-state index in [9.17, 15) is 0 Å². The maximum Gasteiger partial charge on any atom is 0.180 e.